The quantitative estimate of drug-likeness (QED) is 0.778. The molecule has 0 saturated heterocycles. The van der Waals surface area contributed by atoms with Crippen LogP contribution in [0, 0.1) is 6.92 Å². The first-order chi connectivity index (χ1) is 9.47. The van der Waals surface area contributed by atoms with Gasteiger partial charge in [0.15, 0.2) is 0 Å². The second-order valence-electron chi connectivity index (χ2n) is 5.10. The minimum Gasteiger partial charge on any atom is -0.388 e. The van der Waals surface area contributed by atoms with Crippen LogP contribution in [0.3, 0.4) is 0 Å². The molecule has 5 nitrogen and oxygen atoms in total. The second-order valence-corrected chi connectivity index (χ2v) is 5.10. The monoisotopic (exact) mass is 273 g/mol. The maximum Gasteiger partial charge on any atom is 0.268 e. The topological polar surface area (TPSA) is 92.0 Å². The molecule has 1 amide bonds. The summed E-state index contributed by atoms with van der Waals surface area (Å²) >= 11 is 0. The molecule has 0 spiro atoms. The minimum absolute atomic E-state index is 0.000553. The van der Waals surface area contributed by atoms with Gasteiger partial charge in [0.05, 0.1) is 6.10 Å². The van der Waals surface area contributed by atoms with E-state index in [9.17, 15) is 9.90 Å². The van der Waals surface area contributed by atoms with E-state index in [0.29, 0.717) is 12.2 Å². The summed E-state index contributed by atoms with van der Waals surface area (Å²) in [6, 6.07) is 7.79. The van der Waals surface area contributed by atoms with Gasteiger partial charge in [0.2, 0.25) is 0 Å². The van der Waals surface area contributed by atoms with Gasteiger partial charge < -0.3 is 15.8 Å². The van der Waals surface area contributed by atoms with Gasteiger partial charge >= 0.3 is 0 Å². The van der Waals surface area contributed by atoms with Crippen LogP contribution in [0.5, 0.6) is 0 Å². The molecule has 0 fully saturated rings. The lowest BCUT2D eigenvalue weighted by Gasteiger charge is -2.15. The number of primary amides is 1. The van der Waals surface area contributed by atoms with Crippen molar-refractivity contribution >= 4 is 5.91 Å². The van der Waals surface area contributed by atoms with Crippen LogP contribution in [0.2, 0.25) is 0 Å². The summed E-state index contributed by atoms with van der Waals surface area (Å²) in [6.07, 6.45) is 1.45. The van der Waals surface area contributed by atoms with Crippen LogP contribution in [0.25, 0.3) is 0 Å². The fourth-order valence-electron chi connectivity index (χ4n) is 2.09. The fourth-order valence-corrected chi connectivity index (χ4v) is 2.09. The normalized spacial score (nSPS) is 13.9. The lowest BCUT2D eigenvalue weighted by atomic mass is 9.97. The molecule has 2 unspecified atom stereocenters. The molecular weight excluding hydrogens is 254 g/mol. The number of nitrogens with zero attached hydrogens (tertiary/aromatic N) is 1. The van der Waals surface area contributed by atoms with Gasteiger partial charge in [0.1, 0.15) is 11.5 Å². The molecule has 106 valence electrons. The first-order valence-corrected chi connectivity index (χ1v) is 6.57. The van der Waals surface area contributed by atoms with E-state index < -0.39 is 12.0 Å². The Morgan fingerprint density at radius 2 is 2.05 bits per heavy atom. The molecule has 5 heteroatoms. The molecular formula is C15H19N3O2. The predicted molar refractivity (Wildman–Crippen MR) is 76.3 cm³/mol. The number of carbonyl (C=O) groups excluding carboxylic acids is 1. The zero-order valence-electron chi connectivity index (χ0n) is 11.6. The number of aryl methyl sites for hydroxylation is 1. The maximum atomic E-state index is 11.0. The number of hydrogen-bond acceptors (Lipinski definition) is 3. The molecule has 0 aliphatic rings. The molecule has 2 atom stereocenters. The van der Waals surface area contributed by atoms with Crippen LogP contribution in [0.1, 0.15) is 52.8 Å². The number of hydrogen-bond donors (Lipinski definition) is 3. The van der Waals surface area contributed by atoms with Crippen LogP contribution in [-0.4, -0.2) is 21.0 Å². The molecule has 1 aromatic heterocycles. The van der Waals surface area contributed by atoms with E-state index in [0.717, 1.165) is 11.1 Å². The highest BCUT2D eigenvalue weighted by molar-refractivity contribution is 5.90. The summed E-state index contributed by atoms with van der Waals surface area (Å²) in [5.41, 5.74) is 7.42. The standard InChI is InChI=1S/C15H19N3O2/c1-9-3-5-11(6-4-9)13(19)7-10(2)15-17-8-12(18-15)14(16)20/h3-6,8,10,13,19H,7H2,1-2H3,(H2,16,20)(H,17,18). The Morgan fingerprint density at radius 3 is 2.60 bits per heavy atom. The number of aliphatic hydroxyl groups is 1. The van der Waals surface area contributed by atoms with E-state index in [2.05, 4.69) is 9.97 Å². The fraction of sp³-hybridized carbons (Fsp3) is 0.333. The molecule has 1 heterocycles. The van der Waals surface area contributed by atoms with Crippen LogP contribution in [0.4, 0.5) is 0 Å². The van der Waals surface area contributed by atoms with Crippen molar-refractivity contribution in [3.05, 3.63) is 53.1 Å². The van der Waals surface area contributed by atoms with E-state index in [1.807, 2.05) is 38.1 Å². The summed E-state index contributed by atoms with van der Waals surface area (Å²) in [7, 11) is 0. The first kappa shape index (κ1) is 14.3. The highest BCUT2D eigenvalue weighted by Gasteiger charge is 2.17. The summed E-state index contributed by atoms with van der Waals surface area (Å²) in [4.78, 5) is 18.1. The molecule has 0 bridgehead atoms. The largest absolute Gasteiger partial charge is 0.388 e. The van der Waals surface area contributed by atoms with E-state index >= 15 is 0 Å². The molecule has 0 radical (unpaired) electrons. The van der Waals surface area contributed by atoms with Gasteiger partial charge in [0.25, 0.3) is 5.91 Å². The number of aromatic amines is 1. The number of benzene rings is 1. The lowest BCUT2D eigenvalue weighted by molar-refractivity contribution is 0.0996. The summed E-state index contributed by atoms with van der Waals surface area (Å²) in [5, 5.41) is 10.2. The minimum atomic E-state index is -0.562. The predicted octanol–water partition coefficient (Wildman–Crippen LogP) is 2.04. The van der Waals surface area contributed by atoms with Crippen molar-refractivity contribution in [1.82, 2.24) is 9.97 Å². The average molecular weight is 273 g/mol. The van der Waals surface area contributed by atoms with Gasteiger partial charge in [-0.25, -0.2) is 4.98 Å². The smallest absolute Gasteiger partial charge is 0.268 e. The van der Waals surface area contributed by atoms with Crippen molar-refractivity contribution < 1.29 is 9.90 Å². The van der Waals surface area contributed by atoms with Gasteiger partial charge in [-0.2, -0.15) is 0 Å². The molecule has 1 aromatic carbocycles. The Bertz CT molecular complexity index is 589. The van der Waals surface area contributed by atoms with Crippen molar-refractivity contribution in [2.75, 3.05) is 0 Å². The highest BCUT2D eigenvalue weighted by Crippen LogP contribution is 2.26. The molecule has 4 N–H and O–H groups in total. The number of aliphatic hydroxyl groups excluding tert-OH is 1. The zero-order chi connectivity index (χ0) is 14.7. The van der Waals surface area contributed by atoms with E-state index in [-0.39, 0.29) is 11.6 Å². The molecule has 0 saturated carbocycles. The van der Waals surface area contributed by atoms with E-state index in [1.54, 1.807) is 0 Å². The van der Waals surface area contributed by atoms with Crippen LogP contribution >= 0.6 is 0 Å². The Labute approximate surface area is 117 Å². The highest BCUT2D eigenvalue weighted by atomic mass is 16.3. The molecule has 2 aromatic rings. The van der Waals surface area contributed by atoms with Crippen molar-refractivity contribution in [2.24, 2.45) is 5.73 Å². The summed E-state index contributed by atoms with van der Waals surface area (Å²) < 4.78 is 0. The Balaban J connectivity index is 2.04. The third-order valence-corrected chi connectivity index (χ3v) is 3.36. The third kappa shape index (κ3) is 3.24. The molecule has 0 aliphatic carbocycles. The van der Waals surface area contributed by atoms with Crippen molar-refractivity contribution in [2.45, 2.75) is 32.3 Å². The van der Waals surface area contributed by atoms with Crippen molar-refractivity contribution in [1.29, 1.82) is 0 Å². The lowest BCUT2D eigenvalue weighted by Crippen LogP contribution is -2.11. The Kier molecular flexibility index (Phi) is 4.20. The van der Waals surface area contributed by atoms with Gasteiger partial charge in [-0.3, -0.25) is 4.79 Å². The SMILES string of the molecule is Cc1ccc(C(O)CC(C)c2nc(C(N)=O)c[nH]2)cc1. The van der Waals surface area contributed by atoms with E-state index in [4.69, 9.17) is 5.73 Å². The average Bonchev–Trinajstić information content (AvgIpc) is 2.89. The molecule has 2 rings (SSSR count). The van der Waals surface area contributed by atoms with Crippen LogP contribution in [0.15, 0.2) is 30.5 Å². The summed E-state index contributed by atoms with van der Waals surface area (Å²) in [5.74, 6) is 0.100. The van der Waals surface area contributed by atoms with Gasteiger partial charge in [-0.1, -0.05) is 36.8 Å². The molecule has 20 heavy (non-hydrogen) atoms. The number of H-pyrrole nitrogens is 1. The number of amides is 1. The number of rotatable bonds is 5. The Hall–Kier alpha value is -2.14. The maximum absolute atomic E-state index is 11.0. The number of aromatic nitrogens is 2. The molecule has 0 aliphatic heterocycles. The van der Waals surface area contributed by atoms with E-state index in [1.165, 1.54) is 6.20 Å². The summed E-state index contributed by atoms with van der Waals surface area (Å²) in [6.45, 7) is 3.95. The van der Waals surface area contributed by atoms with Crippen LogP contribution < -0.4 is 5.73 Å². The second kappa shape index (κ2) is 5.88. The third-order valence-electron chi connectivity index (χ3n) is 3.36. The van der Waals surface area contributed by atoms with Crippen LogP contribution in [-0.2, 0) is 0 Å². The van der Waals surface area contributed by atoms with Crippen molar-refractivity contribution in [3.63, 3.8) is 0 Å². The van der Waals surface area contributed by atoms with Gasteiger partial charge in [0, 0.05) is 12.1 Å². The van der Waals surface area contributed by atoms with Gasteiger partial charge in [-0.15, -0.1) is 0 Å². The number of carbonyl (C=O) groups is 1. The number of imidazole rings is 1. The Morgan fingerprint density at radius 1 is 1.40 bits per heavy atom. The number of nitrogens with two attached hydrogens (primary N) is 1. The zero-order valence-corrected chi connectivity index (χ0v) is 11.6. The van der Waals surface area contributed by atoms with Gasteiger partial charge in [-0.05, 0) is 18.9 Å². The van der Waals surface area contributed by atoms with Crippen molar-refractivity contribution in [3.8, 4) is 0 Å². The number of nitrogens with one attached hydrogen (secondary N) is 1. The first-order valence-electron chi connectivity index (χ1n) is 6.57.